The van der Waals surface area contributed by atoms with Gasteiger partial charge in [-0.05, 0) is 24.1 Å². The van der Waals surface area contributed by atoms with Crippen molar-refractivity contribution >= 4 is 12.2 Å². The van der Waals surface area contributed by atoms with Crippen LogP contribution in [0.5, 0.6) is 0 Å². The predicted molar refractivity (Wildman–Crippen MR) is 99.4 cm³/mol. The number of primary amides is 1. The Balaban J connectivity index is 1.65. The maximum Gasteiger partial charge on any atom is 0.231 e. The van der Waals surface area contributed by atoms with Gasteiger partial charge in [0.1, 0.15) is 6.29 Å². The molecule has 1 unspecified atom stereocenters. The molecule has 2 aromatic rings. The molecule has 1 aliphatic heterocycles. The number of benzene rings is 1. The van der Waals surface area contributed by atoms with Gasteiger partial charge in [-0.15, -0.1) is 0 Å². The third-order valence-electron chi connectivity index (χ3n) is 4.71. The largest absolute Gasteiger partial charge is 0.369 e. The molecule has 26 heavy (non-hydrogen) atoms. The molecular weight excluding hydrogens is 328 g/mol. The van der Waals surface area contributed by atoms with E-state index in [2.05, 4.69) is 26.9 Å². The Morgan fingerprint density at radius 2 is 2.12 bits per heavy atom. The third-order valence-corrected chi connectivity index (χ3v) is 4.71. The van der Waals surface area contributed by atoms with Crippen LogP contribution in [0.2, 0.25) is 0 Å². The van der Waals surface area contributed by atoms with Crippen molar-refractivity contribution in [2.75, 3.05) is 19.6 Å². The van der Waals surface area contributed by atoms with E-state index in [9.17, 15) is 9.59 Å². The first-order valence-corrected chi connectivity index (χ1v) is 8.83. The molecule has 0 spiro atoms. The van der Waals surface area contributed by atoms with E-state index in [1.165, 1.54) is 5.56 Å². The summed E-state index contributed by atoms with van der Waals surface area (Å²) in [7, 11) is 0. The average Bonchev–Trinajstić information content (AvgIpc) is 3.10. The summed E-state index contributed by atoms with van der Waals surface area (Å²) in [6.45, 7) is 3.47. The highest BCUT2D eigenvalue weighted by atomic mass is 16.1. The van der Waals surface area contributed by atoms with Crippen LogP contribution >= 0.6 is 0 Å². The van der Waals surface area contributed by atoms with Gasteiger partial charge >= 0.3 is 0 Å². The number of amides is 1. The lowest BCUT2D eigenvalue weighted by atomic mass is 10.2. The van der Waals surface area contributed by atoms with Gasteiger partial charge < -0.3 is 5.73 Å². The minimum Gasteiger partial charge on any atom is -0.369 e. The lowest BCUT2D eigenvalue weighted by Gasteiger charge is -2.27. The number of carbonyl (C=O) groups is 2. The molecule has 1 aromatic heterocycles. The second-order valence-electron chi connectivity index (χ2n) is 6.73. The SMILES string of the molecule is NC(=O)CN(Cc1cc(C=O)ccn1)C1CCN(Cc2ccccc2)C1. The Labute approximate surface area is 153 Å². The highest BCUT2D eigenvalue weighted by Crippen LogP contribution is 2.20. The van der Waals surface area contributed by atoms with Gasteiger partial charge in [0.2, 0.25) is 5.91 Å². The standard InChI is InChI=1S/C20H24N4O2/c21-20(26)14-24(12-18-10-17(15-25)6-8-22-18)19-7-9-23(13-19)11-16-4-2-1-3-5-16/h1-6,8,10,15,19H,7,9,11-14H2,(H2,21,26). The summed E-state index contributed by atoms with van der Waals surface area (Å²) in [5.74, 6) is -0.349. The van der Waals surface area contributed by atoms with Gasteiger partial charge in [-0.1, -0.05) is 30.3 Å². The van der Waals surface area contributed by atoms with E-state index in [0.717, 1.165) is 38.0 Å². The number of likely N-dealkylation sites (tertiary alicyclic amines) is 1. The third kappa shape index (κ3) is 4.97. The Kier molecular flexibility index (Phi) is 6.09. The van der Waals surface area contributed by atoms with Crippen molar-refractivity contribution in [1.29, 1.82) is 0 Å². The van der Waals surface area contributed by atoms with Crippen molar-refractivity contribution in [2.45, 2.75) is 25.6 Å². The quantitative estimate of drug-likeness (QED) is 0.728. The molecule has 3 rings (SSSR count). The smallest absolute Gasteiger partial charge is 0.231 e. The number of hydrogen-bond acceptors (Lipinski definition) is 5. The van der Waals surface area contributed by atoms with Gasteiger partial charge in [0.15, 0.2) is 0 Å². The molecule has 1 fully saturated rings. The number of pyridine rings is 1. The zero-order chi connectivity index (χ0) is 18.4. The summed E-state index contributed by atoms with van der Waals surface area (Å²) < 4.78 is 0. The van der Waals surface area contributed by atoms with E-state index in [4.69, 9.17) is 5.73 Å². The monoisotopic (exact) mass is 352 g/mol. The van der Waals surface area contributed by atoms with Crippen LogP contribution in [0.1, 0.15) is 28.0 Å². The van der Waals surface area contributed by atoms with Crippen molar-refractivity contribution in [3.63, 3.8) is 0 Å². The van der Waals surface area contributed by atoms with Crippen LogP contribution < -0.4 is 5.73 Å². The van der Waals surface area contributed by atoms with Crippen molar-refractivity contribution in [1.82, 2.24) is 14.8 Å². The summed E-state index contributed by atoms with van der Waals surface area (Å²) in [5, 5.41) is 0. The minimum absolute atomic E-state index is 0.191. The average molecular weight is 352 g/mol. The van der Waals surface area contributed by atoms with Crippen molar-refractivity contribution < 1.29 is 9.59 Å². The minimum atomic E-state index is -0.349. The van der Waals surface area contributed by atoms with Gasteiger partial charge in [0.05, 0.1) is 12.2 Å². The molecular formula is C20H24N4O2. The molecule has 0 radical (unpaired) electrons. The van der Waals surface area contributed by atoms with Gasteiger partial charge in [0, 0.05) is 44.0 Å². The zero-order valence-corrected chi connectivity index (χ0v) is 14.8. The van der Waals surface area contributed by atoms with E-state index in [1.807, 2.05) is 18.2 Å². The number of rotatable bonds is 8. The molecule has 2 N–H and O–H groups in total. The number of aromatic nitrogens is 1. The van der Waals surface area contributed by atoms with Gasteiger partial charge in [-0.2, -0.15) is 0 Å². The molecule has 0 bridgehead atoms. The second-order valence-corrected chi connectivity index (χ2v) is 6.73. The Morgan fingerprint density at radius 3 is 2.85 bits per heavy atom. The number of nitrogens with zero attached hydrogens (tertiary/aromatic N) is 3. The van der Waals surface area contributed by atoms with E-state index in [1.54, 1.807) is 18.3 Å². The van der Waals surface area contributed by atoms with Crippen LogP contribution in [0.4, 0.5) is 0 Å². The van der Waals surface area contributed by atoms with Crippen LogP contribution in [0.3, 0.4) is 0 Å². The maximum atomic E-state index is 11.5. The number of carbonyl (C=O) groups excluding carboxylic acids is 2. The van der Waals surface area contributed by atoms with Crippen LogP contribution in [-0.2, 0) is 17.9 Å². The van der Waals surface area contributed by atoms with Crippen molar-refractivity contribution in [2.24, 2.45) is 5.73 Å². The first-order valence-electron chi connectivity index (χ1n) is 8.83. The van der Waals surface area contributed by atoms with E-state index >= 15 is 0 Å². The molecule has 1 saturated heterocycles. The van der Waals surface area contributed by atoms with Gasteiger partial charge in [0.25, 0.3) is 0 Å². The summed E-state index contributed by atoms with van der Waals surface area (Å²) in [4.78, 5) is 31.3. The lowest BCUT2D eigenvalue weighted by molar-refractivity contribution is -0.119. The summed E-state index contributed by atoms with van der Waals surface area (Å²) in [5.41, 5.74) is 8.11. The van der Waals surface area contributed by atoms with Crippen LogP contribution in [0.15, 0.2) is 48.7 Å². The van der Waals surface area contributed by atoms with Crippen LogP contribution in [0, 0.1) is 0 Å². The highest BCUT2D eigenvalue weighted by Gasteiger charge is 2.28. The fraction of sp³-hybridized carbons (Fsp3) is 0.350. The molecule has 1 aromatic carbocycles. The van der Waals surface area contributed by atoms with Crippen LogP contribution in [0.25, 0.3) is 0 Å². The number of aldehydes is 1. The van der Waals surface area contributed by atoms with Gasteiger partial charge in [-0.3, -0.25) is 24.4 Å². The number of hydrogen-bond donors (Lipinski definition) is 1. The molecule has 0 saturated carbocycles. The molecule has 2 heterocycles. The number of nitrogens with two attached hydrogens (primary N) is 1. The molecule has 6 heteroatoms. The van der Waals surface area contributed by atoms with Crippen molar-refractivity contribution in [3.8, 4) is 0 Å². The van der Waals surface area contributed by atoms with Gasteiger partial charge in [-0.25, -0.2) is 0 Å². The lowest BCUT2D eigenvalue weighted by Crippen LogP contribution is -2.42. The van der Waals surface area contributed by atoms with Crippen molar-refractivity contribution in [3.05, 3.63) is 65.5 Å². The van der Waals surface area contributed by atoms with Crippen LogP contribution in [-0.4, -0.2) is 52.7 Å². The summed E-state index contributed by atoms with van der Waals surface area (Å²) in [6.07, 6.45) is 3.41. The molecule has 136 valence electrons. The summed E-state index contributed by atoms with van der Waals surface area (Å²) >= 11 is 0. The summed E-state index contributed by atoms with van der Waals surface area (Å²) in [6, 6.07) is 14.1. The van der Waals surface area contributed by atoms with E-state index in [0.29, 0.717) is 12.1 Å². The zero-order valence-electron chi connectivity index (χ0n) is 14.8. The first kappa shape index (κ1) is 18.2. The fourth-order valence-corrected chi connectivity index (χ4v) is 3.47. The van der Waals surface area contributed by atoms with E-state index < -0.39 is 0 Å². The maximum absolute atomic E-state index is 11.5. The molecule has 1 aliphatic rings. The first-order chi connectivity index (χ1) is 12.6. The molecule has 0 aliphatic carbocycles. The molecule has 1 atom stereocenters. The predicted octanol–water partition coefficient (Wildman–Crippen LogP) is 1.46. The Morgan fingerprint density at radius 1 is 1.31 bits per heavy atom. The van der Waals surface area contributed by atoms with E-state index in [-0.39, 0.29) is 18.5 Å². The second kappa shape index (κ2) is 8.69. The fourth-order valence-electron chi connectivity index (χ4n) is 3.47. The molecule has 1 amide bonds. The topological polar surface area (TPSA) is 79.5 Å². The Bertz CT molecular complexity index is 750. The Hall–Kier alpha value is -2.57. The molecule has 6 nitrogen and oxygen atoms in total. The normalized spacial score (nSPS) is 17.5. The highest BCUT2D eigenvalue weighted by molar-refractivity contribution is 5.76.